The molecule has 0 N–H and O–H groups in total. The Balaban J connectivity index is 1.92. The second-order valence-corrected chi connectivity index (χ2v) is 9.24. The maximum Gasteiger partial charge on any atom is 0.416 e. The van der Waals surface area contributed by atoms with Gasteiger partial charge in [-0.1, -0.05) is 0 Å². The molecule has 0 unspecified atom stereocenters. The second kappa shape index (κ2) is 9.43. The van der Waals surface area contributed by atoms with Crippen molar-refractivity contribution in [2.75, 3.05) is 49.5 Å². The topological polar surface area (TPSA) is 89.8 Å². The van der Waals surface area contributed by atoms with Gasteiger partial charge in [-0.05, 0) is 24.3 Å². The number of pyridine rings is 1. The molecule has 9 nitrogen and oxygen atoms in total. The van der Waals surface area contributed by atoms with Crippen LogP contribution in [-0.4, -0.2) is 63.5 Å². The third kappa shape index (κ3) is 5.14. The Bertz CT molecular complexity index is 1230. The van der Waals surface area contributed by atoms with Crippen LogP contribution in [0.4, 0.5) is 24.7 Å². The predicted octanol–water partition coefficient (Wildman–Crippen LogP) is 2.87. The molecule has 13 heteroatoms. The number of halogens is 3. The van der Waals surface area contributed by atoms with Crippen LogP contribution in [0.25, 0.3) is 10.9 Å². The van der Waals surface area contributed by atoms with Crippen LogP contribution in [0.15, 0.2) is 36.7 Å². The lowest BCUT2D eigenvalue weighted by atomic mass is 10.2. The summed E-state index contributed by atoms with van der Waals surface area (Å²) >= 11 is 0. The average molecular weight is 488 g/mol. The molecular formula is C20H24F3N5O4S. The monoisotopic (exact) mass is 487 g/mol. The van der Waals surface area contributed by atoms with E-state index >= 15 is 0 Å². The van der Waals surface area contributed by atoms with Gasteiger partial charge in [-0.2, -0.15) is 18.3 Å². The van der Waals surface area contributed by atoms with Gasteiger partial charge >= 0.3 is 6.18 Å². The normalized spacial score (nSPS) is 12.2. The van der Waals surface area contributed by atoms with Gasteiger partial charge in [0.05, 0.1) is 30.1 Å². The van der Waals surface area contributed by atoms with E-state index in [1.54, 1.807) is 25.4 Å². The molecule has 180 valence electrons. The third-order valence-electron chi connectivity index (χ3n) is 5.04. The van der Waals surface area contributed by atoms with E-state index in [0.717, 1.165) is 22.6 Å². The summed E-state index contributed by atoms with van der Waals surface area (Å²) < 4.78 is 78.9. The number of anilines is 2. The standard InChI is InChI=1S/C20H24F3N5O4S/c1-26(17-11-15(7-8-24-17)20(21,22)23)9-10-33(29,30)28(13-31-3)19-16(32-4)6-5-14-12-25-27(2)18(14)19/h5-8,11-12H,9-10,13H2,1-4H3. The highest BCUT2D eigenvalue weighted by Crippen LogP contribution is 2.37. The SMILES string of the molecule is COCN(c1c(OC)ccc2cnn(C)c12)S(=O)(=O)CCN(C)c1cc(C(F)(F)F)ccn1. The minimum Gasteiger partial charge on any atom is -0.494 e. The Kier molecular flexibility index (Phi) is 7.03. The second-order valence-electron chi connectivity index (χ2n) is 7.23. The van der Waals surface area contributed by atoms with Crippen molar-refractivity contribution in [3.8, 4) is 5.75 Å². The number of benzene rings is 1. The number of sulfonamides is 1. The summed E-state index contributed by atoms with van der Waals surface area (Å²) in [6.45, 7) is -0.408. The first-order valence-corrected chi connectivity index (χ1v) is 11.3. The van der Waals surface area contributed by atoms with E-state index in [-0.39, 0.29) is 24.8 Å². The first-order chi connectivity index (χ1) is 15.5. The van der Waals surface area contributed by atoms with Crippen molar-refractivity contribution in [1.82, 2.24) is 14.8 Å². The average Bonchev–Trinajstić information content (AvgIpc) is 3.15. The molecule has 0 saturated heterocycles. The van der Waals surface area contributed by atoms with Crippen molar-refractivity contribution in [1.29, 1.82) is 0 Å². The van der Waals surface area contributed by atoms with Crippen LogP contribution in [0, 0.1) is 0 Å². The predicted molar refractivity (Wildman–Crippen MR) is 118 cm³/mol. The van der Waals surface area contributed by atoms with Gasteiger partial charge < -0.3 is 14.4 Å². The molecule has 0 aliphatic rings. The fourth-order valence-electron chi connectivity index (χ4n) is 3.32. The fraction of sp³-hybridized carbons (Fsp3) is 0.400. The number of alkyl halides is 3. The first kappa shape index (κ1) is 24.6. The summed E-state index contributed by atoms with van der Waals surface area (Å²) in [5, 5.41) is 4.89. The van der Waals surface area contributed by atoms with E-state index in [1.807, 2.05) is 0 Å². The van der Waals surface area contributed by atoms with E-state index in [9.17, 15) is 21.6 Å². The lowest BCUT2D eigenvalue weighted by Gasteiger charge is -2.27. The van der Waals surface area contributed by atoms with Crippen molar-refractivity contribution in [2.45, 2.75) is 6.18 Å². The molecule has 0 amide bonds. The highest BCUT2D eigenvalue weighted by molar-refractivity contribution is 7.92. The number of hydrogen-bond acceptors (Lipinski definition) is 7. The quantitative estimate of drug-likeness (QED) is 0.429. The molecule has 0 saturated carbocycles. The molecule has 0 bridgehead atoms. The number of aromatic nitrogens is 3. The van der Waals surface area contributed by atoms with Crippen molar-refractivity contribution >= 4 is 32.4 Å². The van der Waals surface area contributed by atoms with Gasteiger partial charge in [-0.25, -0.2) is 17.7 Å². The molecule has 0 fully saturated rings. The summed E-state index contributed by atoms with van der Waals surface area (Å²) in [5.74, 6) is -0.105. The summed E-state index contributed by atoms with van der Waals surface area (Å²) in [4.78, 5) is 5.27. The number of methoxy groups -OCH3 is 2. The maximum atomic E-state index is 13.4. The Morgan fingerprint density at radius 3 is 2.55 bits per heavy atom. The minimum atomic E-state index is -4.53. The molecule has 33 heavy (non-hydrogen) atoms. The highest BCUT2D eigenvalue weighted by Gasteiger charge is 2.32. The van der Waals surface area contributed by atoms with Crippen LogP contribution in [-0.2, 0) is 28.0 Å². The van der Waals surface area contributed by atoms with Gasteiger partial charge in [0, 0.05) is 39.3 Å². The van der Waals surface area contributed by atoms with Gasteiger partial charge in [0.25, 0.3) is 0 Å². The lowest BCUT2D eigenvalue weighted by Crippen LogP contribution is -2.39. The van der Waals surface area contributed by atoms with Crippen LogP contribution >= 0.6 is 0 Å². The Hall–Kier alpha value is -3.06. The van der Waals surface area contributed by atoms with Crippen LogP contribution in [0.1, 0.15) is 5.56 Å². The van der Waals surface area contributed by atoms with Gasteiger partial charge in [0.1, 0.15) is 24.0 Å². The number of fused-ring (bicyclic) bond motifs is 1. The van der Waals surface area contributed by atoms with Crippen molar-refractivity contribution in [3.05, 3.63) is 42.2 Å². The zero-order valence-corrected chi connectivity index (χ0v) is 19.3. The Morgan fingerprint density at radius 2 is 1.91 bits per heavy atom. The highest BCUT2D eigenvalue weighted by atomic mass is 32.2. The van der Waals surface area contributed by atoms with E-state index in [0.29, 0.717) is 16.7 Å². The van der Waals surface area contributed by atoms with Crippen LogP contribution in [0.2, 0.25) is 0 Å². The molecule has 2 aromatic heterocycles. The van der Waals surface area contributed by atoms with Gasteiger partial charge in [-0.15, -0.1) is 0 Å². The summed E-state index contributed by atoms with van der Waals surface area (Å²) in [7, 11) is 1.93. The molecule has 3 aromatic rings. The molecule has 0 aliphatic carbocycles. The molecule has 0 radical (unpaired) electrons. The zero-order chi connectivity index (χ0) is 24.4. The van der Waals surface area contributed by atoms with E-state index < -0.39 is 27.5 Å². The van der Waals surface area contributed by atoms with Gasteiger partial charge in [0.2, 0.25) is 10.0 Å². The van der Waals surface area contributed by atoms with Crippen molar-refractivity contribution < 1.29 is 31.1 Å². The third-order valence-corrected chi connectivity index (χ3v) is 6.70. The maximum absolute atomic E-state index is 13.4. The molecule has 0 spiro atoms. The summed E-state index contributed by atoms with van der Waals surface area (Å²) in [5.41, 5.74) is -0.0737. The van der Waals surface area contributed by atoms with Crippen LogP contribution in [0.5, 0.6) is 5.75 Å². The molecule has 0 aliphatic heterocycles. The number of nitrogens with zero attached hydrogens (tertiary/aromatic N) is 5. The minimum absolute atomic E-state index is 0.00429. The van der Waals surface area contributed by atoms with Gasteiger partial charge in [0.15, 0.2) is 0 Å². The Labute approximate surface area is 189 Å². The smallest absolute Gasteiger partial charge is 0.416 e. The molecule has 2 heterocycles. The molecule has 1 aromatic carbocycles. The van der Waals surface area contributed by atoms with E-state index in [2.05, 4.69) is 10.1 Å². The van der Waals surface area contributed by atoms with E-state index in [4.69, 9.17) is 9.47 Å². The van der Waals surface area contributed by atoms with Crippen LogP contribution < -0.4 is 13.9 Å². The number of ether oxygens (including phenoxy) is 2. The molecule has 3 rings (SSSR count). The number of rotatable bonds is 9. The van der Waals surface area contributed by atoms with Crippen LogP contribution in [0.3, 0.4) is 0 Å². The van der Waals surface area contributed by atoms with Crippen molar-refractivity contribution in [2.24, 2.45) is 7.05 Å². The summed E-state index contributed by atoms with van der Waals surface area (Å²) in [6.07, 6.45) is -1.89. The summed E-state index contributed by atoms with van der Waals surface area (Å²) in [6, 6.07) is 5.12. The molecule has 0 atom stereocenters. The largest absolute Gasteiger partial charge is 0.494 e. The van der Waals surface area contributed by atoms with Gasteiger partial charge in [-0.3, -0.25) is 4.68 Å². The van der Waals surface area contributed by atoms with Crippen molar-refractivity contribution in [3.63, 3.8) is 0 Å². The Morgan fingerprint density at radius 1 is 1.18 bits per heavy atom. The fourth-order valence-corrected chi connectivity index (χ4v) is 4.76. The zero-order valence-electron chi connectivity index (χ0n) is 18.5. The first-order valence-electron chi connectivity index (χ1n) is 9.72. The van der Waals surface area contributed by atoms with E-state index in [1.165, 1.54) is 30.8 Å². The lowest BCUT2D eigenvalue weighted by molar-refractivity contribution is -0.137. The molecular weight excluding hydrogens is 463 g/mol. The number of hydrogen-bond donors (Lipinski definition) is 0. The number of aryl methyl sites for hydroxylation is 1.